The molecule has 0 aliphatic carbocycles. The zero-order valence-corrected chi connectivity index (χ0v) is 13.7. The van der Waals surface area contributed by atoms with Gasteiger partial charge in [0.05, 0.1) is 7.11 Å². The molecule has 1 aromatic carbocycles. The fourth-order valence-corrected chi connectivity index (χ4v) is 3.51. The van der Waals surface area contributed by atoms with E-state index in [-0.39, 0.29) is 17.4 Å². The SMILES string of the molecule is COc1ccc(CCN(c2nc(C(=O)O)cs2)S(=O)(=O)O)cc1. The number of carbonyl (C=O) groups is 1. The number of rotatable bonds is 7. The molecule has 0 saturated carbocycles. The summed E-state index contributed by atoms with van der Waals surface area (Å²) in [6.07, 6.45) is 0.311. The van der Waals surface area contributed by atoms with E-state index in [4.69, 9.17) is 9.84 Å². The molecule has 23 heavy (non-hydrogen) atoms. The minimum atomic E-state index is -4.55. The lowest BCUT2D eigenvalue weighted by atomic mass is 10.1. The number of aromatic nitrogens is 1. The third-order valence-electron chi connectivity index (χ3n) is 2.97. The second-order valence-electron chi connectivity index (χ2n) is 4.47. The predicted molar refractivity (Wildman–Crippen MR) is 84.7 cm³/mol. The molecule has 0 aliphatic heterocycles. The lowest BCUT2D eigenvalue weighted by Gasteiger charge is -2.17. The van der Waals surface area contributed by atoms with Gasteiger partial charge in [-0.3, -0.25) is 4.55 Å². The molecule has 124 valence electrons. The summed E-state index contributed by atoms with van der Waals surface area (Å²) in [7, 11) is -3.01. The number of hydrogen-bond acceptors (Lipinski definition) is 6. The van der Waals surface area contributed by atoms with Gasteiger partial charge in [0.15, 0.2) is 5.69 Å². The number of aromatic carboxylic acids is 1. The lowest BCUT2D eigenvalue weighted by molar-refractivity contribution is 0.0691. The van der Waals surface area contributed by atoms with Gasteiger partial charge in [-0.15, -0.1) is 11.3 Å². The van der Waals surface area contributed by atoms with Gasteiger partial charge in [0.2, 0.25) is 5.13 Å². The second kappa shape index (κ2) is 6.94. The van der Waals surface area contributed by atoms with Crippen molar-refractivity contribution in [1.29, 1.82) is 0 Å². The van der Waals surface area contributed by atoms with Crippen LogP contribution in [0.2, 0.25) is 0 Å². The topological polar surface area (TPSA) is 117 Å². The number of methoxy groups -OCH3 is 1. The Hall–Kier alpha value is -2.17. The van der Waals surface area contributed by atoms with Crippen molar-refractivity contribution in [3.05, 3.63) is 40.9 Å². The van der Waals surface area contributed by atoms with Crippen molar-refractivity contribution in [3.8, 4) is 5.75 Å². The fraction of sp³-hybridized carbons (Fsp3) is 0.231. The van der Waals surface area contributed by atoms with Crippen molar-refractivity contribution in [2.75, 3.05) is 18.0 Å². The van der Waals surface area contributed by atoms with Crippen molar-refractivity contribution in [2.24, 2.45) is 0 Å². The third kappa shape index (κ3) is 4.41. The molecule has 0 radical (unpaired) electrons. The molecule has 0 saturated heterocycles. The first kappa shape index (κ1) is 17.2. The van der Waals surface area contributed by atoms with Gasteiger partial charge in [0.1, 0.15) is 5.75 Å². The average molecular weight is 358 g/mol. The van der Waals surface area contributed by atoms with Crippen LogP contribution in [0.3, 0.4) is 0 Å². The Kier molecular flexibility index (Phi) is 5.19. The van der Waals surface area contributed by atoms with Crippen molar-refractivity contribution in [2.45, 2.75) is 6.42 Å². The van der Waals surface area contributed by atoms with Gasteiger partial charge in [-0.1, -0.05) is 12.1 Å². The summed E-state index contributed by atoms with van der Waals surface area (Å²) in [6.45, 7) is -0.0717. The Morgan fingerprint density at radius 1 is 1.35 bits per heavy atom. The molecule has 2 aromatic rings. The lowest BCUT2D eigenvalue weighted by Crippen LogP contribution is -2.32. The van der Waals surface area contributed by atoms with E-state index in [0.29, 0.717) is 16.5 Å². The van der Waals surface area contributed by atoms with E-state index in [1.807, 2.05) is 0 Å². The summed E-state index contributed by atoms with van der Waals surface area (Å²) < 4.78 is 38.1. The Morgan fingerprint density at radius 3 is 2.48 bits per heavy atom. The molecule has 0 unspecified atom stereocenters. The van der Waals surface area contributed by atoms with Gasteiger partial charge in [-0.25, -0.2) is 14.1 Å². The monoisotopic (exact) mass is 358 g/mol. The number of thiazole rings is 1. The van der Waals surface area contributed by atoms with E-state index in [0.717, 1.165) is 16.9 Å². The maximum atomic E-state index is 11.5. The second-order valence-corrected chi connectivity index (χ2v) is 6.64. The van der Waals surface area contributed by atoms with Crippen molar-refractivity contribution in [3.63, 3.8) is 0 Å². The molecule has 2 rings (SSSR count). The van der Waals surface area contributed by atoms with Crippen LogP contribution in [0.5, 0.6) is 5.75 Å². The Bertz CT molecular complexity index is 785. The molecular weight excluding hydrogens is 344 g/mol. The van der Waals surface area contributed by atoms with Gasteiger partial charge in [0, 0.05) is 11.9 Å². The van der Waals surface area contributed by atoms with Crippen LogP contribution in [0.1, 0.15) is 16.1 Å². The summed E-state index contributed by atoms with van der Waals surface area (Å²) >= 11 is 0.829. The van der Waals surface area contributed by atoms with Crippen LogP contribution in [0.15, 0.2) is 29.6 Å². The molecular formula is C13H14N2O6S2. The maximum Gasteiger partial charge on any atom is 0.361 e. The van der Waals surface area contributed by atoms with E-state index in [1.165, 1.54) is 12.5 Å². The van der Waals surface area contributed by atoms with Gasteiger partial charge in [-0.2, -0.15) is 8.42 Å². The summed E-state index contributed by atoms with van der Waals surface area (Å²) in [5.41, 5.74) is 0.553. The van der Waals surface area contributed by atoms with E-state index < -0.39 is 16.3 Å². The van der Waals surface area contributed by atoms with Crippen molar-refractivity contribution >= 4 is 32.7 Å². The van der Waals surface area contributed by atoms with E-state index in [1.54, 1.807) is 24.3 Å². The highest BCUT2D eigenvalue weighted by molar-refractivity contribution is 7.87. The van der Waals surface area contributed by atoms with Crippen LogP contribution in [-0.2, 0) is 16.7 Å². The van der Waals surface area contributed by atoms with Crippen LogP contribution in [0.25, 0.3) is 0 Å². The highest BCUT2D eigenvalue weighted by Crippen LogP contribution is 2.23. The molecule has 10 heteroatoms. The van der Waals surface area contributed by atoms with Crippen LogP contribution >= 0.6 is 11.3 Å². The quantitative estimate of drug-likeness (QED) is 0.723. The number of hydrogen-bond donors (Lipinski definition) is 2. The van der Waals surface area contributed by atoms with Crippen LogP contribution < -0.4 is 9.04 Å². The number of anilines is 1. The minimum Gasteiger partial charge on any atom is -0.497 e. The Morgan fingerprint density at radius 2 is 2.00 bits per heavy atom. The smallest absolute Gasteiger partial charge is 0.361 e. The average Bonchev–Trinajstić information content (AvgIpc) is 2.96. The fourth-order valence-electron chi connectivity index (χ4n) is 1.81. The normalized spacial score (nSPS) is 11.2. The van der Waals surface area contributed by atoms with Gasteiger partial charge in [-0.05, 0) is 24.1 Å². The summed E-state index contributed by atoms with van der Waals surface area (Å²) in [5.74, 6) is -0.593. The Labute approximate surface area is 136 Å². The minimum absolute atomic E-state index is 0.0717. The summed E-state index contributed by atoms with van der Waals surface area (Å²) in [6, 6.07) is 7.01. The van der Waals surface area contributed by atoms with Crippen molar-refractivity contribution in [1.82, 2.24) is 4.98 Å². The molecule has 2 N–H and O–H groups in total. The summed E-state index contributed by atoms with van der Waals surface area (Å²) in [4.78, 5) is 14.5. The molecule has 0 fully saturated rings. The maximum absolute atomic E-state index is 11.5. The highest BCUT2D eigenvalue weighted by Gasteiger charge is 2.23. The number of carboxylic acid groups (broad SMARTS) is 1. The standard InChI is InChI=1S/C13H14N2O6S2/c1-21-10-4-2-9(3-5-10)6-7-15(23(18,19)20)13-14-11(8-22-13)12(16)17/h2-5,8H,6-7H2,1H3,(H,16,17)(H,18,19,20). The largest absolute Gasteiger partial charge is 0.497 e. The summed E-state index contributed by atoms with van der Waals surface area (Å²) in [5, 5.41) is 9.95. The predicted octanol–water partition coefficient (Wildman–Crippen LogP) is 1.70. The molecule has 0 bridgehead atoms. The molecule has 0 spiro atoms. The van der Waals surface area contributed by atoms with Gasteiger partial charge in [0.25, 0.3) is 0 Å². The van der Waals surface area contributed by atoms with Crippen LogP contribution in [0, 0.1) is 0 Å². The molecule has 0 atom stereocenters. The molecule has 1 aromatic heterocycles. The molecule has 1 heterocycles. The molecule has 0 aliphatic rings. The molecule has 0 amide bonds. The van der Waals surface area contributed by atoms with Gasteiger partial charge < -0.3 is 9.84 Å². The third-order valence-corrected chi connectivity index (χ3v) is 4.86. The first-order valence-corrected chi connectivity index (χ1v) is 8.66. The first-order valence-electron chi connectivity index (χ1n) is 6.38. The van der Waals surface area contributed by atoms with E-state index in [9.17, 15) is 17.8 Å². The van der Waals surface area contributed by atoms with Crippen LogP contribution in [0.4, 0.5) is 5.13 Å². The van der Waals surface area contributed by atoms with E-state index in [2.05, 4.69) is 4.98 Å². The Balaban J connectivity index is 2.17. The number of ether oxygens (including phenoxy) is 1. The zero-order chi connectivity index (χ0) is 17.0. The molecule has 8 nitrogen and oxygen atoms in total. The number of carboxylic acids is 1. The van der Waals surface area contributed by atoms with Crippen molar-refractivity contribution < 1.29 is 27.6 Å². The number of nitrogens with zero attached hydrogens (tertiary/aromatic N) is 2. The number of benzene rings is 1. The van der Waals surface area contributed by atoms with E-state index >= 15 is 0 Å². The van der Waals surface area contributed by atoms with Crippen LogP contribution in [-0.4, -0.2) is 42.7 Å². The zero-order valence-electron chi connectivity index (χ0n) is 12.0. The van der Waals surface area contributed by atoms with Gasteiger partial charge >= 0.3 is 16.3 Å². The first-order chi connectivity index (χ1) is 10.8. The highest BCUT2D eigenvalue weighted by atomic mass is 32.2.